The van der Waals surface area contributed by atoms with Gasteiger partial charge in [0, 0.05) is 25.4 Å². The first-order valence-corrected chi connectivity index (χ1v) is 7.04. The molecule has 0 aliphatic rings. The zero-order valence-corrected chi connectivity index (χ0v) is 12.7. The van der Waals surface area contributed by atoms with Gasteiger partial charge in [0.1, 0.15) is 11.6 Å². The van der Waals surface area contributed by atoms with Crippen LogP contribution in [0.3, 0.4) is 0 Å². The Hall–Kier alpha value is -2.87. The number of rotatable bonds is 5. The third-order valence-corrected chi connectivity index (χ3v) is 3.26. The third kappa shape index (κ3) is 4.06. The summed E-state index contributed by atoms with van der Waals surface area (Å²) in [6.07, 6.45) is 4.08. The summed E-state index contributed by atoms with van der Waals surface area (Å²) in [5.41, 5.74) is 2.79. The molecular weight excluding hydrogens is 276 g/mol. The molecule has 2 aromatic rings. The first-order valence-electron chi connectivity index (χ1n) is 7.04. The van der Waals surface area contributed by atoms with E-state index in [1.54, 1.807) is 24.0 Å². The molecule has 5 heteroatoms. The Morgan fingerprint density at radius 2 is 2.14 bits per heavy atom. The minimum Gasteiger partial charge on any atom is -0.351 e. The second kappa shape index (κ2) is 7.23. The fourth-order valence-corrected chi connectivity index (χ4v) is 2.12. The van der Waals surface area contributed by atoms with E-state index in [1.807, 2.05) is 43.3 Å². The first kappa shape index (κ1) is 15.5. The van der Waals surface area contributed by atoms with Crippen molar-refractivity contribution in [3.05, 3.63) is 58.9 Å². The number of hydrogen-bond acceptors (Lipinski definition) is 3. The molecule has 0 aliphatic carbocycles. The molecule has 1 amide bonds. The lowest BCUT2D eigenvalue weighted by molar-refractivity contribution is -0.117. The molecule has 0 radical (unpaired) electrons. The normalized spacial score (nSPS) is 11.0. The highest BCUT2D eigenvalue weighted by molar-refractivity contribution is 6.01. The van der Waals surface area contributed by atoms with Crippen LogP contribution in [0.5, 0.6) is 0 Å². The number of benzene rings is 1. The molecule has 1 heterocycles. The van der Waals surface area contributed by atoms with Gasteiger partial charge in [0.15, 0.2) is 0 Å². The van der Waals surface area contributed by atoms with Gasteiger partial charge in [-0.05, 0) is 25.0 Å². The zero-order chi connectivity index (χ0) is 15.9. The van der Waals surface area contributed by atoms with Crippen LogP contribution in [0.25, 0.3) is 6.08 Å². The average Bonchev–Trinajstić information content (AvgIpc) is 2.83. The molecule has 0 atom stereocenters. The van der Waals surface area contributed by atoms with Crippen molar-refractivity contribution >= 4 is 12.0 Å². The number of nitriles is 1. The van der Waals surface area contributed by atoms with Crippen molar-refractivity contribution in [1.82, 2.24) is 15.1 Å². The van der Waals surface area contributed by atoms with Gasteiger partial charge in [0.2, 0.25) is 0 Å². The van der Waals surface area contributed by atoms with E-state index < -0.39 is 0 Å². The summed E-state index contributed by atoms with van der Waals surface area (Å²) < 4.78 is 1.66. The highest BCUT2D eigenvalue weighted by atomic mass is 16.1. The molecule has 0 bridgehead atoms. The van der Waals surface area contributed by atoms with Crippen LogP contribution >= 0.6 is 0 Å². The van der Waals surface area contributed by atoms with Crippen LogP contribution in [0.15, 0.2) is 42.1 Å². The summed E-state index contributed by atoms with van der Waals surface area (Å²) in [6.45, 7) is 2.34. The van der Waals surface area contributed by atoms with Crippen LogP contribution < -0.4 is 5.32 Å². The molecule has 0 fully saturated rings. The van der Waals surface area contributed by atoms with Crippen LogP contribution in [0.1, 0.15) is 16.8 Å². The maximum atomic E-state index is 12.1. The van der Waals surface area contributed by atoms with Crippen molar-refractivity contribution in [1.29, 1.82) is 5.26 Å². The summed E-state index contributed by atoms with van der Waals surface area (Å²) in [5, 5.41) is 16.1. The predicted molar refractivity (Wildman–Crippen MR) is 84.7 cm³/mol. The van der Waals surface area contributed by atoms with Crippen molar-refractivity contribution < 1.29 is 4.79 Å². The lowest BCUT2D eigenvalue weighted by Gasteiger charge is -2.04. The van der Waals surface area contributed by atoms with Gasteiger partial charge in [-0.3, -0.25) is 9.48 Å². The Labute approximate surface area is 129 Å². The molecular formula is C17H18N4O. The maximum Gasteiger partial charge on any atom is 0.261 e. The monoisotopic (exact) mass is 294 g/mol. The lowest BCUT2D eigenvalue weighted by atomic mass is 10.1. The maximum absolute atomic E-state index is 12.1. The molecule has 112 valence electrons. The Kier molecular flexibility index (Phi) is 5.10. The SMILES string of the molecule is Cc1nn(C)cc1C=C(C#N)C(=O)NCCc1ccccc1. The molecule has 5 nitrogen and oxygen atoms in total. The predicted octanol–water partition coefficient (Wildman–Crippen LogP) is 1.99. The van der Waals surface area contributed by atoms with Crippen LogP contribution in [0, 0.1) is 18.3 Å². The Morgan fingerprint density at radius 1 is 1.41 bits per heavy atom. The summed E-state index contributed by atoms with van der Waals surface area (Å²) in [6, 6.07) is 11.8. The standard InChI is InChI=1S/C17H18N4O/c1-13-16(12-21(2)20-13)10-15(11-18)17(22)19-9-8-14-6-4-3-5-7-14/h3-7,10,12H,8-9H2,1-2H3,(H,19,22). The molecule has 2 rings (SSSR count). The largest absolute Gasteiger partial charge is 0.351 e. The molecule has 22 heavy (non-hydrogen) atoms. The van der Waals surface area contributed by atoms with Crippen LogP contribution in [0.2, 0.25) is 0 Å². The van der Waals surface area contributed by atoms with Crippen molar-refractivity contribution in [2.75, 3.05) is 6.54 Å². The number of carbonyl (C=O) groups excluding carboxylic acids is 1. The quantitative estimate of drug-likeness (QED) is 0.677. The minimum atomic E-state index is -0.360. The molecule has 0 saturated carbocycles. The number of nitrogens with one attached hydrogen (secondary N) is 1. The van der Waals surface area contributed by atoms with E-state index in [0.29, 0.717) is 6.54 Å². The van der Waals surface area contributed by atoms with Crippen LogP contribution in [-0.2, 0) is 18.3 Å². The van der Waals surface area contributed by atoms with E-state index in [1.165, 1.54) is 0 Å². The van der Waals surface area contributed by atoms with E-state index in [9.17, 15) is 4.79 Å². The second-order valence-corrected chi connectivity index (χ2v) is 5.00. The topological polar surface area (TPSA) is 70.7 Å². The van der Waals surface area contributed by atoms with Crippen molar-refractivity contribution in [2.24, 2.45) is 7.05 Å². The molecule has 0 spiro atoms. The van der Waals surface area contributed by atoms with E-state index in [0.717, 1.165) is 23.2 Å². The zero-order valence-electron chi connectivity index (χ0n) is 12.7. The van der Waals surface area contributed by atoms with Gasteiger partial charge in [0.05, 0.1) is 5.69 Å². The smallest absolute Gasteiger partial charge is 0.261 e. The van der Waals surface area contributed by atoms with Gasteiger partial charge >= 0.3 is 0 Å². The lowest BCUT2D eigenvalue weighted by Crippen LogP contribution is -2.26. The number of hydrogen-bond donors (Lipinski definition) is 1. The van der Waals surface area contributed by atoms with E-state index >= 15 is 0 Å². The highest BCUT2D eigenvalue weighted by Crippen LogP contribution is 2.10. The van der Waals surface area contributed by atoms with Crippen molar-refractivity contribution in [3.8, 4) is 6.07 Å². The van der Waals surface area contributed by atoms with E-state index in [4.69, 9.17) is 5.26 Å². The first-order chi connectivity index (χ1) is 10.6. The number of amides is 1. The fraction of sp³-hybridized carbons (Fsp3) is 0.235. The van der Waals surface area contributed by atoms with Crippen molar-refractivity contribution in [3.63, 3.8) is 0 Å². The van der Waals surface area contributed by atoms with Gasteiger partial charge in [-0.1, -0.05) is 30.3 Å². The Balaban J connectivity index is 1.98. The number of aromatic nitrogens is 2. The van der Waals surface area contributed by atoms with Gasteiger partial charge in [0.25, 0.3) is 5.91 Å². The molecule has 0 aliphatic heterocycles. The van der Waals surface area contributed by atoms with E-state index in [-0.39, 0.29) is 11.5 Å². The van der Waals surface area contributed by atoms with Crippen LogP contribution in [0.4, 0.5) is 0 Å². The number of aryl methyl sites for hydroxylation is 2. The summed E-state index contributed by atoms with van der Waals surface area (Å²) in [5.74, 6) is -0.360. The summed E-state index contributed by atoms with van der Waals surface area (Å²) >= 11 is 0. The Bertz CT molecular complexity index is 723. The summed E-state index contributed by atoms with van der Waals surface area (Å²) in [7, 11) is 1.80. The minimum absolute atomic E-state index is 0.0872. The third-order valence-electron chi connectivity index (χ3n) is 3.26. The van der Waals surface area contributed by atoms with Crippen LogP contribution in [-0.4, -0.2) is 22.2 Å². The van der Waals surface area contributed by atoms with Gasteiger partial charge < -0.3 is 5.32 Å². The van der Waals surface area contributed by atoms with Gasteiger partial charge in [-0.2, -0.15) is 10.4 Å². The Morgan fingerprint density at radius 3 is 2.73 bits per heavy atom. The number of carbonyl (C=O) groups is 1. The van der Waals surface area contributed by atoms with Gasteiger partial charge in [-0.15, -0.1) is 0 Å². The second-order valence-electron chi connectivity index (χ2n) is 5.00. The number of nitrogens with zero attached hydrogens (tertiary/aromatic N) is 3. The molecule has 1 aromatic carbocycles. The molecule has 0 saturated heterocycles. The fourth-order valence-electron chi connectivity index (χ4n) is 2.12. The molecule has 1 aromatic heterocycles. The summed E-state index contributed by atoms with van der Waals surface area (Å²) in [4.78, 5) is 12.1. The van der Waals surface area contributed by atoms with Crippen molar-refractivity contribution in [2.45, 2.75) is 13.3 Å². The van der Waals surface area contributed by atoms with E-state index in [2.05, 4.69) is 10.4 Å². The van der Waals surface area contributed by atoms with Gasteiger partial charge in [-0.25, -0.2) is 0 Å². The highest BCUT2D eigenvalue weighted by Gasteiger charge is 2.10. The average molecular weight is 294 g/mol. The molecule has 1 N–H and O–H groups in total. The molecule has 0 unspecified atom stereocenters.